The van der Waals surface area contributed by atoms with Gasteiger partial charge in [-0.15, -0.1) is 0 Å². The Hall–Kier alpha value is -0.540. The van der Waals surface area contributed by atoms with Gasteiger partial charge in [-0.2, -0.15) is 0 Å². The van der Waals surface area contributed by atoms with Crippen LogP contribution in [0.25, 0.3) is 0 Å². The third-order valence-corrected chi connectivity index (χ3v) is 4.07. The molecule has 0 saturated carbocycles. The third-order valence-electron chi connectivity index (χ3n) is 3.57. The van der Waals surface area contributed by atoms with Crippen LogP contribution in [0.4, 0.5) is 5.69 Å². The van der Waals surface area contributed by atoms with Gasteiger partial charge in [0.1, 0.15) is 0 Å². The highest BCUT2D eigenvalue weighted by atomic mass is 79.9. The van der Waals surface area contributed by atoms with Crippen LogP contribution in [0, 0.1) is 5.92 Å². The average Bonchev–Trinajstić information content (AvgIpc) is 2.54. The summed E-state index contributed by atoms with van der Waals surface area (Å²) in [6.45, 7) is 6.92. The molecule has 1 atom stereocenters. The minimum atomic E-state index is 0.252. The average molecular weight is 297 g/mol. The molecule has 1 aromatic carbocycles. The summed E-state index contributed by atoms with van der Waals surface area (Å²) in [6, 6.07) is 8.61. The van der Waals surface area contributed by atoms with E-state index in [1.807, 2.05) is 7.05 Å². The Morgan fingerprint density at radius 3 is 2.88 bits per heavy atom. The number of anilines is 1. The van der Waals surface area contributed by atoms with Crippen molar-refractivity contribution in [3.8, 4) is 0 Å². The van der Waals surface area contributed by atoms with E-state index in [0.717, 1.165) is 23.5 Å². The second kappa shape index (κ2) is 4.99. The molecular weight excluding hydrogens is 276 g/mol. The van der Waals surface area contributed by atoms with Crippen molar-refractivity contribution in [1.82, 2.24) is 5.32 Å². The van der Waals surface area contributed by atoms with Gasteiger partial charge in [0.25, 0.3) is 0 Å². The van der Waals surface area contributed by atoms with Gasteiger partial charge in [-0.05, 0) is 58.0 Å². The smallest absolute Gasteiger partial charge is 0.0382 e. The van der Waals surface area contributed by atoms with Crippen LogP contribution in [0.1, 0.15) is 20.3 Å². The lowest BCUT2D eigenvalue weighted by Crippen LogP contribution is -2.38. The molecule has 1 aliphatic heterocycles. The maximum Gasteiger partial charge on any atom is 0.0382 e. The summed E-state index contributed by atoms with van der Waals surface area (Å²) in [6.07, 6.45) is 1.25. The summed E-state index contributed by atoms with van der Waals surface area (Å²) in [7, 11) is 2.04. The van der Waals surface area contributed by atoms with Gasteiger partial charge in [0.15, 0.2) is 0 Å². The first-order valence-electron chi connectivity index (χ1n) is 6.21. The molecule has 0 bridgehead atoms. The van der Waals surface area contributed by atoms with E-state index < -0.39 is 0 Å². The van der Waals surface area contributed by atoms with Crippen LogP contribution in [0.2, 0.25) is 0 Å². The summed E-state index contributed by atoms with van der Waals surface area (Å²) >= 11 is 3.55. The Labute approximate surface area is 113 Å². The molecule has 0 spiro atoms. The van der Waals surface area contributed by atoms with Crippen molar-refractivity contribution in [1.29, 1.82) is 0 Å². The molecule has 0 radical (unpaired) electrons. The molecule has 1 heterocycles. The van der Waals surface area contributed by atoms with Gasteiger partial charge < -0.3 is 10.2 Å². The fraction of sp³-hybridized carbons (Fsp3) is 0.571. The number of hydrogen-bond donors (Lipinski definition) is 1. The van der Waals surface area contributed by atoms with Crippen molar-refractivity contribution in [3.05, 3.63) is 28.7 Å². The largest absolute Gasteiger partial charge is 0.366 e. The molecule has 1 fully saturated rings. The molecule has 2 rings (SSSR count). The molecule has 17 heavy (non-hydrogen) atoms. The SMILES string of the molecule is CNCC1CN(c2cccc(Br)c2)C(C)(C)C1. The van der Waals surface area contributed by atoms with E-state index in [-0.39, 0.29) is 5.54 Å². The highest BCUT2D eigenvalue weighted by Gasteiger charge is 2.37. The molecule has 0 amide bonds. The molecule has 94 valence electrons. The number of rotatable bonds is 3. The fourth-order valence-electron chi connectivity index (χ4n) is 2.91. The zero-order valence-corrected chi connectivity index (χ0v) is 12.4. The monoisotopic (exact) mass is 296 g/mol. The molecule has 1 unspecified atom stereocenters. The van der Waals surface area contributed by atoms with Crippen LogP contribution in [0.3, 0.4) is 0 Å². The Bertz CT molecular complexity index is 390. The van der Waals surface area contributed by atoms with Gasteiger partial charge in [-0.3, -0.25) is 0 Å². The third kappa shape index (κ3) is 2.83. The van der Waals surface area contributed by atoms with Crippen molar-refractivity contribution in [2.45, 2.75) is 25.8 Å². The van der Waals surface area contributed by atoms with Crippen LogP contribution >= 0.6 is 15.9 Å². The minimum Gasteiger partial charge on any atom is -0.366 e. The molecule has 0 aromatic heterocycles. The number of hydrogen-bond acceptors (Lipinski definition) is 2. The van der Waals surface area contributed by atoms with Crippen molar-refractivity contribution in [2.24, 2.45) is 5.92 Å². The van der Waals surface area contributed by atoms with Crippen LogP contribution in [-0.2, 0) is 0 Å². The standard InChI is InChI=1S/C14H21BrN2/c1-14(2)8-11(9-16-3)10-17(14)13-6-4-5-12(15)7-13/h4-7,11,16H,8-10H2,1-3H3. The molecule has 1 aromatic rings. The first kappa shape index (κ1) is 12.9. The van der Waals surface area contributed by atoms with E-state index in [4.69, 9.17) is 0 Å². The van der Waals surface area contributed by atoms with E-state index in [9.17, 15) is 0 Å². The van der Waals surface area contributed by atoms with E-state index in [1.54, 1.807) is 0 Å². The maximum atomic E-state index is 3.55. The Balaban J connectivity index is 2.20. The molecule has 1 N–H and O–H groups in total. The predicted octanol–water partition coefficient (Wildman–Crippen LogP) is 3.27. The van der Waals surface area contributed by atoms with Crippen LogP contribution < -0.4 is 10.2 Å². The van der Waals surface area contributed by atoms with Crippen LogP contribution in [-0.4, -0.2) is 25.7 Å². The second-order valence-corrected chi connectivity index (χ2v) is 6.45. The zero-order chi connectivity index (χ0) is 12.5. The molecule has 3 heteroatoms. The fourth-order valence-corrected chi connectivity index (χ4v) is 3.30. The van der Waals surface area contributed by atoms with Gasteiger partial charge in [0.2, 0.25) is 0 Å². The van der Waals surface area contributed by atoms with Crippen molar-refractivity contribution in [2.75, 3.05) is 25.0 Å². The highest BCUT2D eigenvalue weighted by Crippen LogP contribution is 2.37. The maximum absolute atomic E-state index is 3.55. The van der Waals surface area contributed by atoms with Crippen LogP contribution in [0.15, 0.2) is 28.7 Å². The summed E-state index contributed by atoms with van der Waals surface area (Å²) in [4.78, 5) is 2.53. The number of nitrogens with zero attached hydrogens (tertiary/aromatic N) is 1. The molecule has 2 nitrogen and oxygen atoms in total. The first-order chi connectivity index (χ1) is 8.03. The van der Waals surface area contributed by atoms with Gasteiger partial charge in [0.05, 0.1) is 0 Å². The summed E-state index contributed by atoms with van der Waals surface area (Å²) in [5.41, 5.74) is 1.57. The lowest BCUT2D eigenvalue weighted by atomic mass is 9.96. The number of benzene rings is 1. The first-order valence-corrected chi connectivity index (χ1v) is 7.00. The Morgan fingerprint density at radius 1 is 1.47 bits per heavy atom. The molecule has 1 saturated heterocycles. The van der Waals surface area contributed by atoms with E-state index in [2.05, 4.69) is 64.3 Å². The van der Waals surface area contributed by atoms with Gasteiger partial charge in [0, 0.05) is 22.2 Å². The normalized spacial score (nSPS) is 23.1. The van der Waals surface area contributed by atoms with Crippen LogP contribution in [0.5, 0.6) is 0 Å². The lowest BCUT2D eigenvalue weighted by Gasteiger charge is -2.33. The molecule has 1 aliphatic rings. The topological polar surface area (TPSA) is 15.3 Å². The molecule has 0 aliphatic carbocycles. The summed E-state index contributed by atoms with van der Waals surface area (Å²) in [5, 5.41) is 3.29. The second-order valence-electron chi connectivity index (χ2n) is 5.53. The van der Waals surface area contributed by atoms with E-state index in [0.29, 0.717) is 0 Å². The Morgan fingerprint density at radius 2 is 2.24 bits per heavy atom. The van der Waals surface area contributed by atoms with Gasteiger partial charge >= 0.3 is 0 Å². The lowest BCUT2D eigenvalue weighted by molar-refractivity contribution is 0.462. The van der Waals surface area contributed by atoms with Crippen molar-refractivity contribution < 1.29 is 0 Å². The summed E-state index contributed by atoms with van der Waals surface area (Å²) in [5.74, 6) is 0.744. The molecular formula is C14H21BrN2. The van der Waals surface area contributed by atoms with Crippen molar-refractivity contribution in [3.63, 3.8) is 0 Å². The van der Waals surface area contributed by atoms with E-state index >= 15 is 0 Å². The predicted molar refractivity (Wildman–Crippen MR) is 77.6 cm³/mol. The van der Waals surface area contributed by atoms with Gasteiger partial charge in [-0.1, -0.05) is 22.0 Å². The Kier molecular flexibility index (Phi) is 3.79. The van der Waals surface area contributed by atoms with E-state index in [1.165, 1.54) is 12.1 Å². The summed E-state index contributed by atoms with van der Waals surface area (Å²) < 4.78 is 1.16. The van der Waals surface area contributed by atoms with Crippen molar-refractivity contribution >= 4 is 21.6 Å². The highest BCUT2D eigenvalue weighted by molar-refractivity contribution is 9.10. The number of nitrogens with one attached hydrogen (secondary N) is 1. The zero-order valence-electron chi connectivity index (χ0n) is 10.8. The quantitative estimate of drug-likeness (QED) is 0.921. The minimum absolute atomic E-state index is 0.252. The number of halogens is 1. The van der Waals surface area contributed by atoms with Gasteiger partial charge in [-0.25, -0.2) is 0 Å².